The Morgan fingerprint density at radius 3 is 1.68 bits per heavy atom. The molecule has 2 N–H and O–H groups in total. The Labute approximate surface area is 355 Å². The molecule has 318 valence electrons. The second kappa shape index (κ2) is 22.3. The Balaban J connectivity index is 0.000000224. The molecule has 2 saturated carbocycles. The molecular formula is C52H70N2O5. The highest BCUT2D eigenvalue weighted by Crippen LogP contribution is 2.46. The first kappa shape index (κ1) is 45.7. The van der Waals surface area contributed by atoms with E-state index in [1.165, 1.54) is 17.6 Å². The van der Waals surface area contributed by atoms with E-state index in [1.54, 1.807) is 21.3 Å². The molecule has 2 aliphatic rings. The Kier molecular flexibility index (Phi) is 17.2. The zero-order valence-corrected chi connectivity index (χ0v) is 36.8. The van der Waals surface area contributed by atoms with E-state index in [4.69, 9.17) is 14.2 Å². The maximum absolute atomic E-state index is 12.3. The third kappa shape index (κ3) is 12.6. The van der Waals surface area contributed by atoms with Crippen LogP contribution in [0, 0.1) is 11.8 Å². The van der Waals surface area contributed by atoms with Crippen LogP contribution < -0.4 is 14.2 Å². The van der Waals surface area contributed by atoms with Gasteiger partial charge in [-0.3, -0.25) is 0 Å². The number of aryl methyl sites for hydroxylation is 1. The van der Waals surface area contributed by atoms with Gasteiger partial charge in [0, 0.05) is 24.9 Å². The Morgan fingerprint density at radius 1 is 0.593 bits per heavy atom. The monoisotopic (exact) mass is 803 g/mol. The molecule has 4 atom stereocenters. The van der Waals surface area contributed by atoms with Crippen molar-refractivity contribution in [3.63, 3.8) is 0 Å². The minimum Gasteiger partial charge on any atom is -0.497 e. The Bertz CT molecular complexity index is 1940. The predicted octanol–water partition coefficient (Wildman–Crippen LogP) is 10.3. The van der Waals surface area contributed by atoms with E-state index >= 15 is 0 Å². The summed E-state index contributed by atoms with van der Waals surface area (Å²) in [5.74, 6) is 2.80. The highest BCUT2D eigenvalue weighted by Gasteiger charge is 2.43. The molecule has 0 aromatic heterocycles. The average molecular weight is 803 g/mol. The third-order valence-corrected chi connectivity index (χ3v) is 12.2. The molecule has 0 saturated heterocycles. The van der Waals surface area contributed by atoms with Crippen molar-refractivity contribution >= 4 is 12.2 Å². The lowest BCUT2D eigenvalue weighted by Crippen LogP contribution is -2.44. The van der Waals surface area contributed by atoms with Crippen LogP contribution in [0.2, 0.25) is 0 Å². The predicted molar refractivity (Wildman–Crippen MR) is 244 cm³/mol. The van der Waals surface area contributed by atoms with Gasteiger partial charge in [0.1, 0.15) is 22.8 Å². The number of rotatable bonds is 14. The quantitative estimate of drug-likeness (QED) is 0.123. The summed E-state index contributed by atoms with van der Waals surface area (Å²) in [5.41, 5.74) is 4.84. The lowest BCUT2D eigenvalue weighted by molar-refractivity contribution is -0.00392. The van der Waals surface area contributed by atoms with Crippen LogP contribution >= 0.6 is 0 Å². The molecular weight excluding hydrogens is 733 g/mol. The minimum absolute atomic E-state index is 0.101. The fourth-order valence-electron chi connectivity index (χ4n) is 9.24. The molecule has 6 rings (SSSR count). The molecule has 4 aromatic rings. The van der Waals surface area contributed by atoms with Crippen LogP contribution in [0.15, 0.2) is 114 Å². The van der Waals surface area contributed by atoms with E-state index in [1.807, 2.05) is 54.6 Å². The van der Waals surface area contributed by atoms with Crippen molar-refractivity contribution in [2.24, 2.45) is 11.8 Å². The van der Waals surface area contributed by atoms with Crippen LogP contribution in [0.3, 0.4) is 0 Å². The molecule has 2 aliphatic carbocycles. The van der Waals surface area contributed by atoms with E-state index in [0.717, 1.165) is 117 Å². The Hall–Kier alpha value is -4.40. The summed E-state index contributed by atoms with van der Waals surface area (Å²) in [6, 6.07) is 34.7. The molecule has 7 nitrogen and oxygen atoms in total. The number of aliphatic hydroxyl groups is 2. The highest BCUT2D eigenvalue weighted by atomic mass is 16.5. The molecule has 0 radical (unpaired) electrons. The smallest absolute Gasteiger partial charge is 0.119 e. The van der Waals surface area contributed by atoms with Crippen molar-refractivity contribution in [1.29, 1.82) is 0 Å². The zero-order chi connectivity index (χ0) is 42.3. The van der Waals surface area contributed by atoms with Crippen molar-refractivity contribution < 1.29 is 24.4 Å². The molecule has 0 aliphatic heterocycles. The SMILES string of the molecule is COc1cccc(C=C2CCCCC(CN(C)C)C2(O)CCCc2ccccc2)c1.COc1cccc(C=C2CCCCC(CN(C)C)C2(O)c2cccc(OC)c2)c1. The highest BCUT2D eigenvalue weighted by molar-refractivity contribution is 5.59. The van der Waals surface area contributed by atoms with Gasteiger partial charge in [-0.25, -0.2) is 0 Å². The van der Waals surface area contributed by atoms with Crippen molar-refractivity contribution in [1.82, 2.24) is 9.80 Å². The second-order valence-corrected chi connectivity index (χ2v) is 17.1. The number of benzene rings is 4. The number of ether oxygens (including phenoxy) is 3. The molecule has 2 fully saturated rings. The molecule has 0 heterocycles. The standard InChI is InChI=1S/C27H37NO2.C25H33NO3/c1-28(2)21-25-16-8-7-15-24(19-23-13-9-17-26(20-23)30-3)27(25,29)18-10-14-22-11-5-4-6-12-22;1-26(2)18-22-11-6-5-10-20(15-19-9-7-13-23(16-19)28-3)25(22,27)21-12-8-14-24(17-21)29-4/h4-6,9,11-13,17,19-20,25,29H,7-8,10,14-16,18,21H2,1-3H3;7-9,12-17,22,27H,5-6,10-11,18H2,1-4H3. The van der Waals surface area contributed by atoms with Crippen LogP contribution in [-0.2, 0) is 12.0 Å². The van der Waals surface area contributed by atoms with E-state index in [2.05, 4.69) is 98.7 Å². The molecule has 4 unspecified atom stereocenters. The summed E-state index contributed by atoms with van der Waals surface area (Å²) in [6.07, 6.45) is 15.6. The van der Waals surface area contributed by atoms with Gasteiger partial charge in [0.15, 0.2) is 0 Å². The summed E-state index contributed by atoms with van der Waals surface area (Å²) < 4.78 is 16.3. The van der Waals surface area contributed by atoms with Gasteiger partial charge in [0.25, 0.3) is 0 Å². The first-order valence-electron chi connectivity index (χ1n) is 21.6. The summed E-state index contributed by atoms with van der Waals surface area (Å²) >= 11 is 0. The summed E-state index contributed by atoms with van der Waals surface area (Å²) in [7, 11) is 13.4. The topological polar surface area (TPSA) is 74.6 Å². The Morgan fingerprint density at radius 2 is 1.10 bits per heavy atom. The van der Waals surface area contributed by atoms with Crippen molar-refractivity contribution in [3.8, 4) is 17.2 Å². The second-order valence-electron chi connectivity index (χ2n) is 17.1. The minimum atomic E-state index is -1.04. The van der Waals surface area contributed by atoms with Crippen LogP contribution in [0.25, 0.3) is 12.2 Å². The number of nitrogens with zero attached hydrogens (tertiary/aromatic N) is 2. The first-order chi connectivity index (χ1) is 28.5. The zero-order valence-electron chi connectivity index (χ0n) is 36.8. The van der Waals surface area contributed by atoms with Gasteiger partial charge in [-0.2, -0.15) is 0 Å². The summed E-state index contributed by atoms with van der Waals surface area (Å²) in [4.78, 5) is 4.39. The lowest BCUT2D eigenvalue weighted by atomic mass is 9.74. The van der Waals surface area contributed by atoms with Crippen LogP contribution in [0.4, 0.5) is 0 Å². The van der Waals surface area contributed by atoms with Crippen molar-refractivity contribution in [2.75, 3.05) is 62.6 Å². The third-order valence-electron chi connectivity index (χ3n) is 12.2. The number of hydrogen-bond acceptors (Lipinski definition) is 7. The molecule has 4 aromatic carbocycles. The normalized spacial score (nSPS) is 23.6. The lowest BCUT2D eigenvalue weighted by Gasteiger charge is -2.39. The number of methoxy groups -OCH3 is 3. The van der Waals surface area contributed by atoms with Crippen molar-refractivity contribution in [2.45, 2.75) is 81.8 Å². The van der Waals surface area contributed by atoms with Gasteiger partial charge in [-0.05, 0) is 156 Å². The van der Waals surface area contributed by atoms with Crippen molar-refractivity contribution in [3.05, 3.63) is 137 Å². The molecule has 7 heteroatoms. The largest absolute Gasteiger partial charge is 0.497 e. The maximum Gasteiger partial charge on any atom is 0.119 e. The molecule has 59 heavy (non-hydrogen) atoms. The summed E-state index contributed by atoms with van der Waals surface area (Å²) in [5, 5.41) is 24.5. The van der Waals surface area contributed by atoms with Gasteiger partial charge in [-0.1, -0.05) is 91.7 Å². The van der Waals surface area contributed by atoms with E-state index in [0.29, 0.717) is 0 Å². The van der Waals surface area contributed by atoms with Gasteiger partial charge in [0.2, 0.25) is 0 Å². The molecule has 0 amide bonds. The molecule has 0 spiro atoms. The van der Waals surface area contributed by atoms with Gasteiger partial charge in [0.05, 0.1) is 26.9 Å². The first-order valence-corrected chi connectivity index (χ1v) is 21.6. The van der Waals surface area contributed by atoms with E-state index in [9.17, 15) is 10.2 Å². The van der Waals surface area contributed by atoms with Crippen LogP contribution in [0.1, 0.15) is 86.5 Å². The van der Waals surface area contributed by atoms with Crippen LogP contribution in [0.5, 0.6) is 17.2 Å². The fraction of sp³-hybridized carbons (Fsp3) is 0.462. The van der Waals surface area contributed by atoms with E-state index in [-0.39, 0.29) is 11.8 Å². The van der Waals surface area contributed by atoms with Gasteiger partial charge in [-0.15, -0.1) is 0 Å². The average Bonchev–Trinajstić information content (AvgIpc) is 3.48. The molecule has 0 bridgehead atoms. The fourth-order valence-corrected chi connectivity index (χ4v) is 9.24. The summed E-state index contributed by atoms with van der Waals surface area (Å²) in [6.45, 7) is 1.74. The maximum atomic E-state index is 12.3. The van der Waals surface area contributed by atoms with Crippen LogP contribution in [-0.4, -0.2) is 88.2 Å². The number of hydrogen-bond donors (Lipinski definition) is 2. The van der Waals surface area contributed by atoms with Gasteiger partial charge >= 0.3 is 0 Å². The van der Waals surface area contributed by atoms with E-state index < -0.39 is 11.2 Å². The van der Waals surface area contributed by atoms with Gasteiger partial charge < -0.3 is 34.2 Å².